The second kappa shape index (κ2) is 5.29. The molecule has 0 saturated carbocycles. The third-order valence-corrected chi connectivity index (χ3v) is 3.34. The van der Waals surface area contributed by atoms with Gasteiger partial charge in [-0.1, -0.05) is 6.07 Å². The molecule has 0 N–H and O–H groups in total. The van der Waals surface area contributed by atoms with E-state index < -0.39 is 0 Å². The van der Waals surface area contributed by atoms with Gasteiger partial charge in [0, 0.05) is 25.7 Å². The van der Waals surface area contributed by atoms with Crippen LogP contribution in [0.15, 0.2) is 23.2 Å². The second-order valence-corrected chi connectivity index (χ2v) is 4.35. The average molecular weight is 247 g/mol. The fourth-order valence-electron chi connectivity index (χ4n) is 2.38. The molecule has 0 amide bonds. The topological polar surface area (TPSA) is 28.1 Å². The predicted octanol–water partition coefficient (Wildman–Crippen LogP) is 2.19. The van der Waals surface area contributed by atoms with E-state index in [1.165, 1.54) is 0 Å². The summed E-state index contributed by atoms with van der Waals surface area (Å²) in [4.78, 5) is 9.09. The molecule has 1 aliphatic heterocycles. The molecule has 18 heavy (non-hydrogen) atoms. The number of benzene rings is 1. The Hall–Kier alpha value is -1.71. The molecule has 1 aliphatic rings. The number of rotatable bonds is 3. The predicted molar refractivity (Wildman–Crippen MR) is 75.7 cm³/mol. The first-order valence-corrected chi connectivity index (χ1v) is 6.40. The molecule has 4 nitrogen and oxygen atoms in total. The minimum atomic E-state index is 0.680. The van der Waals surface area contributed by atoms with E-state index in [-0.39, 0.29) is 0 Å². The van der Waals surface area contributed by atoms with E-state index in [0.29, 0.717) is 6.67 Å². The number of hydrogen-bond acceptors (Lipinski definition) is 4. The van der Waals surface area contributed by atoms with Crippen LogP contribution in [0.3, 0.4) is 0 Å². The molecular formula is C14H21N3O. The molecular weight excluding hydrogens is 226 g/mol. The van der Waals surface area contributed by atoms with Gasteiger partial charge in [0.1, 0.15) is 18.3 Å². The minimum Gasteiger partial charge on any atom is -0.495 e. The number of methoxy groups -OCH3 is 1. The number of hydrogen-bond donors (Lipinski definition) is 0. The molecule has 1 heterocycles. The van der Waals surface area contributed by atoms with Crippen molar-refractivity contribution in [3.63, 3.8) is 0 Å². The summed E-state index contributed by atoms with van der Waals surface area (Å²) in [6.07, 6.45) is 0. The standard InChI is InChI=1S/C14H21N3O/c1-5-17(6-2)14-11-8-7-9-12(18-4)13(11)16(3)10-15-14/h7-9H,5-6,10H2,1-4H3. The number of fused-ring (bicyclic) bond motifs is 1. The summed E-state index contributed by atoms with van der Waals surface area (Å²) in [5, 5.41) is 0. The van der Waals surface area contributed by atoms with Gasteiger partial charge in [0.2, 0.25) is 0 Å². The van der Waals surface area contributed by atoms with Gasteiger partial charge >= 0.3 is 0 Å². The summed E-state index contributed by atoms with van der Waals surface area (Å²) in [6.45, 7) is 6.93. The van der Waals surface area contributed by atoms with Crippen molar-refractivity contribution < 1.29 is 4.74 Å². The Morgan fingerprint density at radius 3 is 2.67 bits per heavy atom. The first-order valence-electron chi connectivity index (χ1n) is 6.40. The summed E-state index contributed by atoms with van der Waals surface area (Å²) >= 11 is 0. The van der Waals surface area contributed by atoms with E-state index in [1.807, 2.05) is 19.2 Å². The van der Waals surface area contributed by atoms with Gasteiger partial charge in [-0.15, -0.1) is 0 Å². The van der Waals surface area contributed by atoms with Gasteiger partial charge in [0.25, 0.3) is 0 Å². The van der Waals surface area contributed by atoms with E-state index >= 15 is 0 Å². The van der Waals surface area contributed by atoms with E-state index in [1.54, 1.807) is 7.11 Å². The summed E-state index contributed by atoms with van der Waals surface area (Å²) < 4.78 is 5.46. The van der Waals surface area contributed by atoms with Crippen molar-refractivity contribution in [3.8, 4) is 5.75 Å². The minimum absolute atomic E-state index is 0.680. The lowest BCUT2D eigenvalue weighted by Crippen LogP contribution is -2.37. The molecule has 0 radical (unpaired) electrons. The summed E-state index contributed by atoms with van der Waals surface area (Å²) in [7, 11) is 3.76. The maximum Gasteiger partial charge on any atom is 0.142 e. The van der Waals surface area contributed by atoms with Crippen molar-refractivity contribution in [2.75, 3.05) is 38.8 Å². The van der Waals surface area contributed by atoms with Gasteiger partial charge in [-0.05, 0) is 26.0 Å². The third-order valence-electron chi connectivity index (χ3n) is 3.34. The number of aliphatic imine (C=N–C) groups is 1. The van der Waals surface area contributed by atoms with Gasteiger partial charge in [0.05, 0.1) is 12.8 Å². The van der Waals surface area contributed by atoms with Crippen LogP contribution in [0.1, 0.15) is 19.4 Å². The average Bonchev–Trinajstić information content (AvgIpc) is 2.42. The van der Waals surface area contributed by atoms with Crippen LogP contribution >= 0.6 is 0 Å². The Kier molecular flexibility index (Phi) is 3.75. The number of anilines is 1. The Labute approximate surface area is 109 Å². The zero-order valence-electron chi connectivity index (χ0n) is 11.6. The van der Waals surface area contributed by atoms with Crippen molar-refractivity contribution in [2.45, 2.75) is 13.8 Å². The van der Waals surface area contributed by atoms with Crippen molar-refractivity contribution in [3.05, 3.63) is 23.8 Å². The van der Waals surface area contributed by atoms with Gasteiger partial charge in [-0.25, -0.2) is 4.99 Å². The highest BCUT2D eigenvalue weighted by molar-refractivity contribution is 6.06. The lowest BCUT2D eigenvalue weighted by Gasteiger charge is -2.32. The Bertz CT molecular complexity index is 452. The van der Waals surface area contributed by atoms with E-state index in [9.17, 15) is 0 Å². The van der Waals surface area contributed by atoms with Crippen LogP contribution < -0.4 is 9.64 Å². The van der Waals surface area contributed by atoms with Crippen molar-refractivity contribution >= 4 is 11.5 Å². The normalized spacial score (nSPS) is 14.0. The van der Waals surface area contributed by atoms with Crippen LogP contribution in [0.4, 0.5) is 5.69 Å². The number of para-hydroxylation sites is 1. The summed E-state index contributed by atoms with van der Waals surface area (Å²) in [5.74, 6) is 1.99. The number of nitrogens with zero attached hydrogens (tertiary/aromatic N) is 3. The van der Waals surface area contributed by atoms with Gasteiger partial charge in [0.15, 0.2) is 0 Å². The van der Waals surface area contributed by atoms with E-state index in [0.717, 1.165) is 35.9 Å². The molecule has 0 bridgehead atoms. The van der Waals surface area contributed by atoms with Crippen LogP contribution in [0.5, 0.6) is 5.75 Å². The molecule has 2 rings (SSSR count). The molecule has 0 unspecified atom stereocenters. The molecule has 0 fully saturated rings. The van der Waals surface area contributed by atoms with Gasteiger partial charge in [-0.3, -0.25) is 0 Å². The lowest BCUT2D eigenvalue weighted by molar-refractivity contribution is 0.413. The highest BCUT2D eigenvalue weighted by atomic mass is 16.5. The molecule has 1 aromatic carbocycles. The molecule has 0 spiro atoms. The van der Waals surface area contributed by atoms with E-state index in [2.05, 4.69) is 34.7 Å². The maximum absolute atomic E-state index is 5.46. The second-order valence-electron chi connectivity index (χ2n) is 4.35. The zero-order valence-corrected chi connectivity index (χ0v) is 11.6. The van der Waals surface area contributed by atoms with Crippen LogP contribution in [-0.4, -0.2) is 44.7 Å². The third kappa shape index (κ3) is 2.03. The first-order chi connectivity index (χ1) is 8.72. The Balaban J connectivity index is 2.51. The van der Waals surface area contributed by atoms with Crippen LogP contribution in [0.25, 0.3) is 0 Å². The van der Waals surface area contributed by atoms with Crippen LogP contribution in [0.2, 0.25) is 0 Å². The largest absolute Gasteiger partial charge is 0.495 e. The lowest BCUT2D eigenvalue weighted by atomic mass is 10.1. The number of ether oxygens (including phenoxy) is 1. The van der Waals surface area contributed by atoms with Crippen LogP contribution in [0, 0.1) is 0 Å². The highest BCUT2D eigenvalue weighted by Crippen LogP contribution is 2.34. The Morgan fingerprint density at radius 2 is 2.06 bits per heavy atom. The summed E-state index contributed by atoms with van der Waals surface area (Å²) in [5.41, 5.74) is 2.30. The zero-order chi connectivity index (χ0) is 13.1. The monoisotopic (exact) mass is 247 g/mol. The molecule has 0 aromatic heterocycles. The van der Waals surface area contributed by atoms with Crippen molar-refractivity contribution in [2.24, 2.45) is 4.99 Å². The Morgan fingerprint density at radius 1 is 1.33 bits per heavy atom. The molecule has 4 heteroatoms. The SMILES string of the molecule is CCN(CC)C1=NCN(C)c2c(OC)cccc21. The highest BCUT2D eigenvalue weighted by Gasteiger charge is 2.23. The van der Waals surface area contributed by atoms with Crippen molar-refractivity contribution in [1.29, 1.82) is 0 Å². The fourth-order valence-corrected chi connectivity index (χ4v) is 2.38. The van der Waals surface area contributed by atoms with Crippen LogP contribution in [-0.2, 0) is 0 Å². The molecule has 0 saturated heterocycles. The molecule has 0 atom stereocenters. The van der Waals surface area contributed by atoms with Crippen molar-refractivity contribution in [1.82, 2.24) is 4.90 Å². The fraction of sp³-hybridized carbons (Fsp3) is 0.500. The number of amidine groups is 1. The smallest absolute Gasteiger partial charge is 0.142 e. The summed E-state index contributed by atoms with van der Waals surface area (Å²) in [6, 6.07) is 6.14. The van der Waals surface area contributed by atoms with Gasteiger partial charge < -0.3 is 14.5 Å². The van der Waals surface area contributed by atoms with Gasteiger partial charge in [-0.2, -0.15) is 0 Å². The molecule has 1 aromatic rings. The maximum atomic E-state index is 5.46. The van der Waals surface area contributed by atoms with E-state index in [4.69, 9.17) is 4.74 Å². The molecule has 0 aliphatic carbocycles. The first kappa shape index (κ1) is 12.7. The quantitative estimate of drug-likeness (QED) is 0.819. The molecule has 98 valence electrons.